The molecule has 0 bridgehead atoms. The molecule has 0 fully saturated rings. The highest BCUT2D eigenvalue weighted by Crippen LogP contribution is 2.31. The van der Waals surface area contributed by atoms with E-state index in [2.05, 4.69) is 5.32 Å². The molecule has 0 radical (unpaired) electrons. The van der Waals surface area contributed by atoms with Crippen molar-refractivity contribution in [3.05, 3.63) is 23.8 Å². The lowest BCUT2D eigenvalue weighted by atomic mass is 10.2. The minimum absolute atomic E-state index is 0. The minimum atomic E-state index is -3.45. The Bertz CT molecular complexity index is 675. The van der Waals surface area contributed by atoms with Gasteiger partial charge in [0.1, 0.15) is 0 Å². The van der Waals surface area contributed by atoms with E-state index in [1.807, 2.05) is 20.9 Å². The van der Waals surface area contributed by atoms with E-state index in [-0.39, 0.29) is 18.3 Å². The van der Waals surface area contributed by atoms with Crippen LogP contribution in [0.5, 0.6) is 0 Å². The zero-order valence-electron chi connectivity index (χ0n) is 14.4. The zero-order chi connectivity index (χ0) is 17.0. The van der Waals surface area contributed by atoms with Crippen LogP contribution in [0.15, 0.2) is 23.1 Å². The maximum atomic E-state index is 12.6. The molecule has 0 spiro atoms. The number of halogens is 1. The molecule has 0 aromatic heterocycles. The predicted octanol–water partition coefficient (Wildman–Crippen LogP) is 1.64. The Labute approximate surface area is 150 Å². The maximum absolute atomic E-state index is 12.6. The van der Waals surface area contributed by atoms with E-state index in [0.717, 1.165) is 11.3 Å². The van der Waals surface area contributed by atoms with Crippen molar-refractivity contribution in [2.75, 3.05) is 38.1 Å². The van der Waals surface area contributed by atoms with Crippen LogP contribution in [0, 0.1) is 0 Å². The minimum Gasteiger partial charge on any atom is -0.319 e. The molecule has 0 saturated carbocycles. The van der Waals surface area contributed by atoms with E-state index in [9.17, 15) is 13.2 Å². The summed E-state index contributed by atoms with van der Waals surface area (Å²) in [4.78, 5) is 14.3. The number of carbonyl (C=O) groups excluding carboxylic acids is 1. The van der Waals surface area contributed by atoms with Gasteiger partial charge in [0.15, 0.2) is 0 Å². The number of nitrogens with zero attached hydrogens (tertiary/aromatic N) is 2. The molecule has 1 aliphatic heterocycles. The fraction of sp³-hybridized carbons (Fsp3) is 0.562. The SMILES string of the molecule is CCN(CC)S(=O)(=O)c1ccc2c(c1)CCN2C(=O)CCNC.Cl. The normalized spacial score (nSPS) is 13.8. The van der Waals surface area contributed by atoms with Crippen LogP contribution in [0.2, 0.25) is 0 Å². The van der Waals surface area contributed by atoms with Crippen LogP contribution in [0.4, 0.5) is 5.69 Å². The molecule has 2 rings (SSSR count). The van der Waals surface area contributed by atoms with Crippen molar-refractivity contribution in [2.45, 2.75) is 31.6 Å². The summed E-state index contributed by atoms with van der Waals surface area (Å²) in [6, 6.07) is 5.08. The van der Waals surface area contributed by atoms with Crippen LogP contribution in [0.3, 0.4) is 0 Å². The molecule has 24 heavy (non-hydrogen) atoms. The third-order valence-corrected chi connectivity index (χ3v) is 6.23. The summed E-state index contributed by atoms with van der Waals surface area (Å²) in [5, 5.41) is 2.97. The van der Waals surface area contributed by atoms with Crippen LogP contribution in [0.1, 0.15) is 25.8 Å². The number of sulfonamides is 1. The molecule has 0 aliphatic carbocycles. The summed E-state index contributed by atoms with van der Waals surface area (Å²) in [5.74, 6) is 0.0671. The van der Waals surface area contributed by atoms with Gasteiger partial charge in [-0.15, -0.1) is 12.4 Å². The first kappa shape index (κ1) is 20.9. The zero-order valence-corrected chi connectivity index (χ0v) is 16.0. The van der Waals surface area contributed by atoms with Gasteiger partial charge in [0.2, 0.25) is 15.9 Å². The molecule has 1 aliphatic rings. The number of carbonyl (C=O) groups is 1. The summed E-state index contributed by atoms with van der Waals surface area (Å²) in [6.45, 7) is 5.81. The number of amides is 1. The van der Waals surface area contributed by atoms with Crippen LogP contribution in [-0.4, -0.2) is 51.9 Å². The summed E-state index contributed by atoms with van der Waals surface area (Å²) in [7, 11) is -1.64. The molecular weight excluding hydrogens is 350 g/mol. The molecule has 1 heterocycles. The molecular formula is C16H26ClN3O3S. The van der Waals surface area contributed by atoms with Crippen molar-refractivity contribution in [1.29, 1.82) is 0 Å². The fourth-order valence-electron chi connectivity index (χ4n) is 2.88. The van der Waals surface area contributed by atoms with Gasteiger partial charge in [-0.2, -0.15) is 4.31 Å². The molecule has 1 aromatic rings. The van der Waals surface area contributed by atoms with E-state index in [1.54, 1.807) is 23.1 Å². The van der Waals surface area contributed by atoms with Gasteiger partial charge in [0, 0.05) is 38.3 Å². The molecule has 8 heteroatoms. The number of fused-ring (bicyclic) bond motifs is 1. The summed E-state index contributed by atoms with van der Waals surface area (Å²) in [6.07, 6.45) is 1.14. The van der Waals surface area contributed by atoms with Crippen molar-refractivity contribution in [1.82, 2.24) is 9.62 Å². The van der Waals surface area contributed by atoms with Gasteiger partial charge in [0.05, 0.1) is 4.90 Å². The number of anilines is 1. The second-order valence-corrected chi connectivity index (χ2v) is 7.47. The van der Waals surface area contributed by atoms with Crippen molar-refractivity contribution in [3.8, 4) is 0 Å². The lowest BCUT2D eigenvalue weighted by Gasteiger charge is -2.20. The summed E-state index contributed by atoms with van der Waals surface area (Å²) in [5.41, 5.74) is 1.76. The van der Waals surface area contributed by atoms with Crippen LogP contribution in [0.25, 0.3) is 0 Å². The largest absolute Gasteiger partial charge is 0.319 e. The van der Waals surface area contributed by atoms with Gasteiger partial charge >= 0.3 is 0 Å². The second kappa shape index (κ2) is 8.80. The molecule has 6 nitrogen and oxygen atoms in total. The van der Waals surface area contributed by atoms with E-state index >= 15 is 0 Å². The standard InChI is InChI=1S/C16H25N3O3S.ClH/c1-4-18(5-2)23(21,22)14-6-7-15-13(12-14)9-11-19(15)16(20)8-10-17-3;/h6-7,12,17H,4-5,8-11H2,1-3H3;1H. The van der Waals surface area contributed by atoms with Gasteiger partial charge in [0.25, 0.3) is 0 Å². The lowest BCUT2D eigenvalue weighted by Crippen LogP contribution is -2.31. The Morgan fingerprint density at radius 2 is 1.96 bits per heavy atom. The molecule has 1 aromatic carbocycles. The molecule has 1 amide bonds. The Hall–Kier alpha value is -1.15. The van der Waals surface area contributed by atoms with E-state index in [1.165, 1.54) is 4.31 Å². The Kier molecular flexibility index (Phi) is 7.66. The predicted molar refractivity (Wildman–Crippen MR) is 98.4 cm³/mol. The van der Waals surface area contributed by atoms with Gasteiger partial charge in [-0.05, 0) is 37.2 Å². The van der Waals surface area contributed by atoms with E-state index in [0.29, 0.717) is 43.9 Å². The molecule has 0 saturated heterocycles. The second-order valence-electron chi connectivity index (χ2n) is 5.53. The third-order valence-electron chi connectivity index (χ3n) is 4.18. The van der Waals surface area contributed by atoms with Crippen LogP contribution >= 0.6 is 12.4 Å². The van der Waals surface area contributed by atoms with Crippen molar-refractivity contribution in [2.24, 2.45) is 0 Å². The van der Waals surface area contributed by atoms with E-state index in [4.69, 9.17) is 0 Å². The Morgan fingerprint density at radius 3 is 2.54 bits per heavy atom. The number of hydrogen-bond acceptors (Lipinski definition) is 4. The first-order valence-electron chi connectivity index (χ1n) is 8.03. The number of rotatable bonds is 7. The number of nitrogens with one attached hydrogen (secondary N) is 1. The quantitative estimate of drug-likeness (QED) is 0.786. The first-order valence-corrected chi connectivity index (χ1v) is 9.47. The summed E-state index contributed by atoms with van der Waals surface area (Å²) < 4.78 is 26.6. The van der Waals surface area contributed by atoms with Gasteiger partial charge in [-0.3, -0.25) is 4.79 Å². The highest BCUT2D eigenvalue weighted by molar-refractivity contribution is 7.89. The molecule has 0 atom stereocenters. The number of benzene rings is 1. The van der Waals surface area contributed by atoms with E-state index < -0.39 is 10.0 Å². The topological polar surface area (TPSA) is 69.7 Å². The maximum Gasteiger partial charge on any atom is 0.243 e. The molecule has 136 valence electrons. The fourth-order valence-corrected chi connectivity index (χ4v) is 4.39. The lowest BCUT2D eigenvalue weighted by molar-refractivity contribution is -0.118. The molecule has 1 N–H and O–H groups in total. The van der Waals surface area contributed by atoms with Crippen molar-refractivity contribution in [3.63, 3.8) is 0 Å². The third kappa shape index (κ3) is 4.08. The molecule has 0 unspecified atom stereocenters. The highest BCUT2D eigenvalue weighted by atomic mass is 35.5. The van der Waals surface area contributed by atoms with Crippen LogP contribution < -0.4 is 10.2 Å². The van der Waals surface area contributed by atoms with Crippen molar-refractivity contribution >= 4 is 34.0 Å². The average Bonchev–Trinajstić information content (AvgIpc) is 2.96. The average molecular weight is 376 g/mol. The van der Waals surface area contributed by atoms with Crippen LogP contribution in [-0.2, 0) is 21.2 Å². The highest BCUT2D eigenvalue weighted by Gasteiger charge is 2.28. The van der Waals surface area contributed by atoms with Gasteiger partial charge < -0.3 is 10.2 Å². The first-order chi connectivity index (χ1) is 11.0. The Morgan fingerprint density at radius 1 is 1.29 bits per heavy atom. The monoisotopic (exact) mass is 375 g/mol. The van der Waals surface area contributed by atoms with Crippen molar-refractivity contribution < 1.29 is 13.2 Å². The Balaban J connectivity index is 0.00000288. The number of hydrogen-bond donors (Lipinski definition) is 1. The smallest absolute Gasteiger partial charge is 0.243 e. The summed E-state index contributed by atoms with van der Waals surface area (Å²) >= 11 is 0. The van der Waals surface area contributed by atoms with Gasteiger partial charge in [-0.25, -0.2) is 8.42 Å². The van der Waals surface area contributed by atoms with Gasteiger partial charge in [-0.1, -0.05) is 13.8 Å².